The van der Waals surface area contributed by atoms with Crippen molar-refractivity contribution in [3.05, 3.63) is 0 Å². The zero-order chi connectivity index (χ0) is 18.8. The van der Waals surface area contributed by atoms with Crippen LogP contribution in [0.2, 0.25) is 0 Å². The molecular weight excluding hydrogens is 332 g/mol. The van der Waals surface area contributed by atoms with Gasteiger partial charge in [-0.2, -0.15) is 5.26 Å². The number of nitriles is 1. The summed E-state index contributed by atoms with van der Waals surface area (Å²) in [5.74, 6) is 1.12. The Kier molecular flexibility index (Phi) is 5.71. The van der Waals surface area contributed by atoms with Crippen LogP contribution in [0.3, 0.4) is 0 Å². The quantitative estimate of drug-likeness (QED) is 0.780. The van der Waals surface area contributed by atoms with Crippen LogP contribution >= 0.6 is 0 Å². The molecular formula is C19H30N4O3. The van der Waals surface area contributed by atoms with E-state index in [9.17, 15) is 14.7 Å². The maximum atomic E-state index is 12.3. The number of rotatable bonds is 5. The third-order valence-corrected chi connectivity index (χ3v) is 6.43. The highest BCUT2D eigenvalue weighted by atomic mass is 16.4. The highest BCUT2D eigenvalue weighted by molar-refractivity contribution is 5.79. The van der Waals surface area contributed by atoms with Crippen molar-refractivity contribution < 1.29 is 14.7 Å². The molecule has 0 aromatic rings. The average molecular weight is 362 g/mol. The van der Waals surface area contributed by atoms with E-state index >= 15 is 0 Å². The minimum Gasteiger partial charge on any atom is -0.465 e. The van der Waals surface area contributed by atoms with Gasteiger partial charge in [-0.05, 0) is 64.2 Å². The van der Waals surface area contributed by atoms with Crippen molar-refractivity contribution >= 4 is 12.0 Å². The van der Waals surface area contributed by atoms with Gasteiger partial charge in [0.05, 0.1) is 12.6 Å². The van der Waals surface area contributed by atoms with Gasteiger partial charge in [0.2, 0.25) is 5.91 Å². The third kappa shape index (κ3) is 3.80. The summed E-state index contributed by atoms with van der Waals surface area (Å²) in [5.41, 5.74) is 0. The van der Waals surface area contributed by atoms with Crippen LogP contribution in [0, 0.1) is 23.2 Å². The summed E-state index contributed by atoms with van der Waals surface area (Å²) < 4.78 is 0. The minimum absolute atomic E-state index is 0.0106. The van der Waals surface area contributed by atoms with Gasteiger partial charge in [-0.3, -0.25) is 4.79 Å². The van der Waals surface area contributed by atoms with Gasteiger partial charge >= 0.3 is 6.09 Å². The van der Waals surface area contributed by atoms with Crippen LogP contribution in [0.15, 0.2) is 0 Å². The lowest BCUT2D eigenvalue weighted by molar-refractivity contribution is -0.130. The average Bonchev–Trinajstić information content (AvgIpc) is 3.25. The largest absolute Gasteiger partial charge is 0.465 e. The maximum absolute atomic E-state index is 12.3. The highest BCUT2D eigenvalue weighted by Gasteiger charge is 2.45. The second-order valence-corrected chi connectivity index (χ2v) is 8.35. The van der Waals surface area contributed by atoms with Gasteiger partial charge in [0.25, 0.3) is 0 Å². The number of nitrogens with zero attached hydrogens (tertiary/aromatic N) is 3. The number of carbonyl (C=O) groups excluding carboxylic acids is 1. The van der Waals surface area contributed by atoms with Gasteiger partial charge in [-0.15, -0.1) is 0 Å². The molecule has 1 saturated heterocycles. The van der Waals surface area contributed by atoms with Gasteiger partial charge in [0.15, 0.2) is 0 Å². The number of carbonyl (C=O) groups is 2. The first-order valence-electron chi connectivity index (χ1n) is 9.84. The van der Waals surface area contributed by atoms with E-state index in [1.165, 1.54) is 0 Å². The fourth-order valence-electron chi connectivity index (χ4n) is 5.31. The second-order valence-electron chi connectivity index (χ2n) is 8.35. The number of carboxylic acid groups (broad SMARTS) is 1. The molecule has 3 rings (SSSR count). The molecule has 0 aromatic heterocycles. The fraction of sp³-hybridized carbons (Fsp3) is 0.842. The third-order valence-electron chi connectivity index (χ3n) is 6.43. The molecule has 2 N–H and O–H groups in total. The van der Waals surface area contributed by atoms with Crippen LogP contribution in [-0.2, 0) is 4.79 Å². The molecule has 144 valence electrons. The summed E-state index contributed by atoms with van der Waals surface area (Å²) in [5, 5.41) is 22.0. The zero-order valence-electron chi connectivity index (χ0n) is 15.7. The SMILES string of the molecule is CC(C)N(C(=O)O)C1CC2CC(NCC(=O)N3CCCC3C#N)CC2C1. The normalized spacial score (nSPS) is 33.3. The van der Waals surface area contributed by atoms with E-state index in [1.807, 2.05) is 13.8 Å². The number of amides is 2. The van der Waals surface area contributed by atoms with E-state index < -0.39 is 6.09 Å². The Morgan fingerprint density at radius 1 is 1.27 bits per heavy atom. The Bertz CT molecular complexity index is 574. The van der Waals surface area contributed by atoms with Crippen molar-refractivity contribution in [2.75, 3.05) is 13.1 Å². The first kappa shape index (κ1) is 19.0. The van der Waals surface area contributed by atoms with E-state index in [0.717, 1.165) is 38.5 Å². The molecule has 0 aromatic carbocycles. The number of nitrogens with one attached hydrogen (secondary N) is 1. The lowest BCUT2D eigenvalue weighted by Gasteiger charge is -2.31. The standard InChI is InChI=1S/C19H30N4O3/c1-12(2)23(19(25)26)17-8-13-6-15(7-14(13)9-17)21-11-18(24)22-5-3-4-16(22)10-20/h12-17,21H,3-9,11H2,1-2H3,(H,25,26). The van der Waals surface area contributed by atoms with E-state index in [2.05, 4.69) is 11.4 Å². The predicted molar refractivity (Wildman–Crippen MR) is 96.4 cm³/mol. The Morgan fingerprint density at radius 3 is 2.46 bits per heavy atom. The molecule has 26 heavy (non-hydrogen) atoms. The predicted octanol–water partition coefficient (Wildman–Crippen LogP) is 2.04. The summed E-state index contributed by atoms with van der Waals surface area (Å²) in [6.45, 7) is 4.87. The summed E-state index contributed by atoms with van der Waals surface area (Å²) in [6.07, 6.45) is 4.78. The number of fused-ring (bicyclic) bond motifs is 1. The van der Waals surface area contributed by atoms with Gasteiger partial charge < -0.3 is 20.2 Å². The van der Waals surface area contributed by atoms with Crippen LogP contribution in [0.1, 0.15) is 52.4 Å². The lowest BCUT2D eigenvalue weighted by Crippen LogP contribution is -2.44. The molecule has 0 bridgehead atoms. The Labute approximate surface area is 155 Å². The molecule has 3 atom stereocenters. The topological polar surface area (TPSA) is 96.7 Å². The summed E-state index contributed by atoms with van der Waals surface area (Å²) in [7, 11) is 0. The van der Waals surface area contributed by atoms with Gasteiger partial charge in [0.1, 0.15) is 6.04 Å². The summed E-state index contributed by atoms with van der Waals surface area (Å²) in [6, 6.07) is 2.43. The van der Waals surface area contributed by atoms with E-state index in [0.29, 0.717) is 31.0 Å². The van der Waals surface area contributed by atoms with Gasteiger partial charge in [0, 0.05) is 24.7 Å². The molecule has 3 fully saturated rings. The molecule has 2 amide bonds. The van der Waals surface area contributed by atoms with Crippen molar-refractivity contribution in [3.63, 3.8) is 0 Å². The molecule has 7 heteroatoms. The number of likely N-dealkylation sites (tertiary alicyclic amines) is 1. The minimum atomic E-state index is -0.817. The van der Waals surface area contributed by atoms with E-state index in [4.69, 9.17) is 5.26 Å². The second kappa shape index (κ2) is 7.83. The molecule has 0 spiro atoms. The van der Waals surface area contributed by atoms with Crippen molar-refractivity contribution in [2.45, 2.75) is 76.5 Å². The van der Waals surface area contributed by atoms with Crippen LogP contribution in [0.4, 0.5) is 4.79 Å². The van der Waals surface area contributed by atoms with E-state index in [-0.39, 0.29) is 24.0 Å². The smallest absolute Gasteiger partial charge is 0.407 e. The number of hydrogen-bond acceptors (Lipinski definition) is 4. The summed E-state index contributed by atoms with van der Waals surface area (Å²) in [4.78, 5) is 27.2. The highest BCUT2D eigenvalue weighted by Crippen LogP contribution is 2.46. The maximum Gasteiger partial charge on any atom is 0.407 e. The van der Waals surface area contributed by atoms with Crippen molar-refractivity contribution in [2.24, 2.45) is 11.8 Å². The molecule has 0 radical (unpaired) electrons. The molecule has 1 aliphatic heterocycles. The Balaban J connectivity index is 1.46. The first-order valence-corrected chi connectivity index (χ1v) is 9.84. The van der Waals surface area contributed by atoms with Crippen molar-refractivity contribution in [3.8, 4) is 6.07 Å². The number of hydrogen-bond donors (Lipinski definition) is 2. The first-order chi connectivity index (χ1) is 12.4. The molecule has 3 aliphatic rings. The van der Waals surface area contributed by atoms with Crippen molar-refractivity contribution in [1.82, 2.24) is 15.1 Å². The lowest BCUT2D eigenvalue weighted by atomic mass is 10.0. The fourth-order valence-corrected chi connectivity index (χ4v) is 5.31. The van der Waals surface area contributed by atoms with Crippen LogP contribution in [-0.4, -0.2) is 64.2 Å². The molecule has 3 unspecified atom stereocenters. The summed E-state index contributed by atoms with van der Waals surface area (Å²) >= 11 is 0. The molecule has 2 aliphatic carbocycles. The van der Waals surface area contributed by atoms with Crippen LogP contribution < -0.4 is 5.32 Å². The molecule has 2 saturated carbocycles. The van der Waals surface area contributed by atoms with Crippen LogP contribution in [0.5, 0.6) is 0 Å². The Morgan fingerprint density at radius 2 is 1.92 bits per heavy atom. The molecule has 1 heterocycles. The van der Waals surface area contributed by atoms with Crippen molar-refractivity contribution in [1.29, 1.82) is 5.26 Å². The van der Waals surface area contributed by atoms with Crippen LogP contribution in [0.25, 0.3) is 0 Å². The Hall–Kier alpha value is -1.81. The molecule has 7 nitrogen and oxygen atoms in total. The monoisotopic (exact) mass is 362 g/mol. The van der Waals surface area contributed by atoms with Gasteiger partial charge in [-0.1, -0.05) is 0 Å². The zero-order valence-corrected chi connectivity index (χ0v) is 15.7. The van der Waals surface area contributed by atoms with Gasteiger partial charge in [-0.25, -0.2) is 4.79 Å². The van der Waals surface area contributed by atoms with E-state index in [1.54, 1.807) is 9.80 Å².